The van der Waals surface area contributed by atoms with Crippen LogP contribution < -0.4 is 4.74 Å². The number of methoxy groups -OCH3 is 1. The molecule has 0 bridgehead atoms. The van der Waals surface area contributed by atoms with E-state index < -0.39 is 0 Å². The van der Waals surface area contributed by atoms with E-state index in [-0.39, 0.29) is 5.82 Å². The van der Waals surface area contributed by atoms with Gasteiger partial charge in [-0.15, -0.1) is 10.2 Å². The normalized spacial score (nSPS) is 11.2. The van der Waals surface area contributed by atoms with E-state index in [1.54, 1.807) is 23.9 Å². The van der Waals surface area contributed by atoms with E-state index in [4.69, 9.17) is 4.74 Å². The number of halogens is 1. The summed E-state index contributed by atoms with van der Waals surface area (Å²) in [6.07, 6.45) is 1.65. The average Bonchev–Trinajstić information content (AvgIpc) is 2.99. The van der Waals surface area contributed by atoms with Gasteiger partial charge in [-0.25, -0.2) is 9.37 Å². The molecule has 108 valence electrons. The highest BCUT2D eigenvalue weighted by atomic mass is 19.1. The monoisotopic (exact) mass is 294 g/mol. The molecule has 0 unspecified atom stereocenters. The topological polar surface area (TPSA) is 52.3 Å². The number of aromatic nitrogens is 4. The highest BCUT2D eigenvalue weighted by Crippen LogP contribution is 2.24. The van der Waals surface area contributed by atoms with Gasteiger partial charge in [0.1, 0.15) is 17.9 Å². The molecule has 0 aliphatic heterocycles. The fourth-order valence-electron chi connectivity index (χ4n) is 2.44. The maximum atomic E-state index is 13.5. The summed E-state index contributed by atoms with van der Waals surface area (Å²) >= 11 is 0. The molecule has 0 aliphatic carbocycles. The predicted octanol–water partition coefficient (Wildman–Crippen LogP) is 3.09. The number of hydrogen-bond acceptors (Lipinski definition) is 4. The minimum absolute atomic E-state index is 0.323. The standard InChI is InChI=1S/C16H11FN4O/c1-22-12-5-2-10(3-6-12)15-19-20-16-13-8-11(17)4-7-14(13)18-9-21(15)16/h2-9H,1H3. The summed E-state index contributed by atoms with van der Waals surface area (Å²) in [6, 6.07) is 11.9. The summed E-state index contributed by atoms with van der Waals surface area (Å²) in [5.41, 5.74) is 2.14. The van der Waals surface area contributed by atoms with E-state index in [0.717, 1.165) is 11.3 Å². The number of nitrogens with zero attached hydrogens (tertiary/aromatic N) is 4. The molecule has 22 heavy (non-hydrogen) atoms. The van der Waals surface area contributed by atoms with Gasteiger partial charge >= 0.3 is 0 Å². The second-order valence-electron chi connectivity index (χ2n) is 4.85. The Hall–Kier alpha value is -3.02. The van der Waals surface area contributed by atoms with Crippen molar-refractivity contribution < 1.29 is 9.13 Å². The van der Waals surface area contributed by atoms with Gasteiger partial charge in [0.15, 0.2) is 11.5 Å². The Morgan fingerprint density at radius 3 is 2.64 bits per heavy atom. The largest absolute Gasteiger partial charge is 0.497 e. The van der Waals surface area contributed by atoms with Gasteiger partial charge in [0.05, 0.1) is 12.6 Å². The molecule has 4 aromatic rings. The molecule has 5 nitrogen and oxygen atoms in total. The summed E-state index contributed by atoms with van der Waals surface area (Å²) in [4.78, 5) is 4.33. The van der Waals surface area contributed by atoms with Gasteiger partial charge in [0.25, 0.3) is 0 Å². The molecular weight excluding hydrogens is 283 g/mol. The molecule has 2 aromatic carbocycles. The van der Waals surface area contributed by atoms with Crippen LogP contribution in [0.2, 0.25) is 0 Å². The van der Waals surface area contributed by atoms with Crippen LogP contribution in [0.1, 0.15) is 0 Å². The lowest BCUT2D eigenvalue weighted by Gasteiger charge is -2.03. The van der Waals surface area contributed by atoms with Crippen LogP contribution in [0.4, 0.5) is 4.39 Å². The van der Waals surface area contributed by atoms with Crippen LogP contribution in [-0.2, 0) is 0 Å². The van der Waals surface area contributed by atoms with E-state index in [1.165, 1.54) is 12.1 Å². The summed E-state index contributed by atoms with van der Waals surface area (Å²) < 4.78 is 20.4. The zero-order valence-electron chi connectivity index (χ0n) is 11.7. The van der Waals surface area contributed by atoms with Crippen LogP contribution >= 0.6 is 0 Å². The Balaban J connectivity index is 1.95. The van der Waals surface area contributed by atoms with Gasteiger partial charge in [-0.2, -0.15) is 0 Å². The third-order valence-corrected chi connectivity index (χ3v) is 3.56. The second-order valence-corrected chi connectivity index (χ2v) is 4.85. The molecule has 6 heteroatoms. The van der Waals surface area contributed by atoms with E-state index in [2.05, 4.69) is 15.2 Å². The first kappa shape index (κ1) is 12.7. The molecule has 4 rings (SSSR count). The summed E-state index contributed by atoms with van der Waals surface area (Å²) in [7, 11) is 1.62. The fourth-order valence-corrected chi connectivity index (χ4v) is 2.44. The SMILES string of the molecule is COc1ccc(-c2nnc3c4cc(F)ccc4ncn23)cc1. The van der Waals surface area contributed by atoms with Crippen LogP contribution in [-0.4, -0.2) is 26.7 Å². The van der Waals surface area contributed by atoms with Crippen LogP contribution in [0.5, 0.6) is 5.75 Å². The Labute approximate surface area is 125 Å². The molecule has 0 fully saturated rings. The zero-order chi connectivity index (χ0) is 15.1. The summed E-state index contributed by atoms with van der Waals surface area (Å²) in [6.45, 7) is 0. The summed E-state index contributed by atoms with van der Waals surface area (Å²) in [5, 5.41) is 9.03. The van der Waals surface area contributed by atoms with Crippen molar-refractivity contribution in [1.82, 2.24) is 19.6 Å². The van der Waals surface area contributed by atoms with Gasteiger partial charge in [0, 0.05) is 10.9 Å². The maximum Gasteiger partial charge on any atom is 0.171 e. The lowest BCUT2D eigenvalue weighted by molar-refractivity contribution is 0.415. The zero-order valence-corrected chi connectivity index (χ0v) is 11.7. The molecule has 0 radical (unpaired) electrons. The Morgan fingerprint density at radius 1 is 1.05 bits per heavy atom. The number of hydrogen-bond donors (Lipinski definition) is 0. The third-order valence-electron chi connectivity index (χ3n) is 3.56. The molecule has 2 aromatic heterocycles. The first-order chi connectivity index (χ1) is 10.8. The van der Waals surface area contributed by atoms with Crippen molar-refractivity contribution in [2.75, 3.05) is 7.11 Å². The van der Waals surface area contributed by atoms with E-state index in [1.807, 2.05) is 24.3 Å². The third kappa shape index (κ3) is 1.88. The van der Waals surface area contributed by atoms with E-state index >= 15 is 0 Å². The Morgan fingerprint density at radius 2 is 1.86 bits per heavy atom. The number of benzene rings is 2. The molecule has 0 spiro atoms. The maximum absolute atomic E-state index is 13.5. The molecule has 0 aliphatic rings. The van der Waals surface area contributed by atoms with Crippen molar-refractivity contribution in [3.8, 4) is 17.1 Å². The van der Waals surface area contributed by atoms with Gasteiger partial charge in [-0.05, 0) is 42.5 Å². The van der Waals surface area contributed by atoms with Crippen LogP contribution in [0, 0.1) is 5.82 Å². The second kappa shape index (κ2) is 4.77. The van der Waals surface area contributed by atoms with Crippen LogP contribution in [0.25, 0.3) is 27.9 Å². The van der Waals surface area contributed by atoms with Gasteiger partial charge in [0.2, 0.25) is 0 Å². The smallest absolute Gasteiger partial charge is 0.171 e. The molecule has 0 saturated carbocycles. The Kier molecular flexibility index (Phi) is 2.75. The minimum Gasteiger partial charge on any atom is -0.497 e. The number of fused-ring (bicyclic) bond motifs is 3. The predicted molar refractivity (Wildman–Crippen MR) is 80.2 cm³/mol. The molecule has 0 atom stereocenters. The first-order valence-corrected chi connectivity index (χ1v) is 6.70. The van der Waals surface area contributed by atoms with Crippen molar-refractivity contribution in [1.29, 1.82) is 0 Å². The molecule has 2 heterocycles. The highest BCUT2D eigenvalue weighted by Gasteiger charge is 2.12. The van der Waals surface area contributed by atoms with Crippen LogP contribution in [0.15, 0.2) is 48.8 Å². The Bertz CT molecular complexity index is 979. The van der Waals surface area contributed by atoms with Crippen molar-refractivity contribution in [3.05, 3.63) is 54.6 Å². The van der Waals surface area contributed by atoms with Gasteiger partial charge in [-0.1, -0.05) is 0 Å². The van der Waals surface area contributed by atoms with Crippen molar-refractivity contribution >= 4 is 16.6 Å². The van der Waals surface area contributed by atoms with E-state index in [9.17, 15) is 4.39 Å². The first-order valence-electron chi connectivity index (χ1n) is 6.70. The molecule has 0 amide bonds. The average molecular weight is 294 g/mol. The molecular formula is C16H11FN4O. The van der Waals surface area contributed by atoms with Gasteiger partial charge in [-0.3, -0.25) is 4.40 Å². The summed E-state index contributed by atoms with van der Waals surface area (Å²) in [5.74, 6) is 1.09. The molecule has 0 saturated heterocycles. The number of ether oxygens (including phenoxy) is 1. The quantitative estimate of drug-likeness (QED) is 0.570. The fraction of sp³-hybridized carbons (Fsp3) is 0.0625. The van der Waals surface area contributed by atoms with Crippen molar-refractivity contribution in [3.63, 3.8) is 0 Å². The number of rotatable bonds is 2. The van der Waals surface area contributed by atoms with Crippen molar-refractivity contribution in [2.45, 2.75) is 0 Å². The lowest BCUT2D eigenvalue weighted by Crippen LogP contribution is -1.93. The molecule has 0 N–H and O–H groups in total. The van der Waals surface area contributed by atoms with Crippen molar-refractivity contribution in [2.24, 2.45) is 0 Å². The minimum atomic E-state index is -0.323. The van der Waals surface area contributed by atoms with E-state index in [0.29, 0.717) is 22.4 Å². The lowest BCUT2D eigenvalue weighted by atomic mass is 10.2. The highest BCUT2D eigenvalue weighted by molar-refractivity contribution is 5.91. The van der Waals surface area contributed by atoms with Crippen LogP contribution in [0.3, 0.4) is 0 Å². The van der Waals surface area contributed by atoms with Gasteiger partial charge < -0.3 is 4.74 Å².